The fourth-order valence-electron chi connectivity index (χ4n) is 1.61. The number of ether oxygens (including phenoxy) is 1. The van der Waals surface area contributed by atoms with Crippen LogP contribution in [0.1, 0.15) is 19.4 Å². The number of aromatic nitrogens is 1. The van der Waals surface area contributed by atoms with Crippen LogP contribution in [-0.2, 0) is 11.3 Å². The van der Waals surface area contributed by atoms with Gasteiger partial charge in [-0.25, -0.2) is 4.98 Å². The van der Waals surface area contributed by atoms with Gasteiger partial charge in [0.2, 0.25) is 11.8 Å². The van der Waals surface area contributed by atoms with Crippen LogP contribution in [-0.4, -0.2) is 16.4 Å². The summed E-state index contributed by atoms with van der Waals surface area (Å²) >= 11 is 0. The largest absolute Gasteiger partial charge is 0.439 e. The van der Waals surface area contributed by atoms with Crippen LogP contribution in [0.3, 0.4) is 0 Å². The molecule has 0 radical (unpaired) electrons. The molecular formula is C16H19N3O2. The summed E-state index contributed by atoms with van der Waals surface area (Å²) in [5, 5.41) is 3.12. The lowest BCUT2D eigenvalue weighted by Gasteiger charge is -2.22. The van der Waals surface area contributed by atoms with Crippen molar-refractivity contribution < 1.29 is 9.53 Å². The Morgan fingerprint density at radius 1 is 1.24 bits per heavy atom. The highest BCUT2D eigenvalue weighted by Crippen LogP contribution is 2.19. The molecule has 0 unspecified atom stereocenters. The highest BCUT2D eigenvalue weighted by atomic mass is 16.5. The number of benzene rings is 1. The summed E-state index contributed by atoms with van der Waals surface area (Å²) in [6, 6.07) is 13.1. The number of carbonyl (C=O) groups is 1. The van der Waals surface area contributed by atoms with Crippen molar-refractivity contribution in [1.82, 2.24) is 10.3 Å². The van der Waals surface area contributed by atoms with Crippen molar-refractivity contribution in [2.45, 2.75) is 25.9 Å². The molecule has 2 aromatic rings. The Bertz CT molecular complexity index is 595. The Morgan fingerprint density at radius 3 is 2.52 bits per heavy atom. The second-order valence-corrected chi connectivity index (χ2v) is 5.26. The number of amides is 1. The first-order valence-electron chi connectivity index (χ1n) is 6.70. The van der Waals surface area contributed by atoms with Crippen LogP contribution >= 0.6 is 0 Å². The van der Waals surface area contributed by atoms with Gasteiger partial charge in [0, 0.05) is 18.8 Å². The molecular weight excluding hydrogens is 266 g/mol. The van der Waals surface area contributed by atoms with E-state index in [1.807, 2.05) is 36.4 Å². The van der Waals surface area contributed by atoms with Gasteiger partial charge in [-0.15, -0.1) is 0 Å². The van der Waals surface area contributed by atoms with Gasteiger partial charge >= 0.3 is 0 Å². The Hall–Kier alpha value is -2.40. The first-order chi connectivity index (χ1) is 9.97. The zero-order chi connectivity index (χ0) is 15.3. The number of pyridine rings is 1. The van der Waals surface area contributed by atoms with E-state index in [4.69, 9.17) is 10.5 Å². The Morgan fingerprint density at radius 2 is 1.95 bits per heavy atom. The minimum Gasteiger partial charge on any atom is -0.439 e. The van der Waals surface area contributed by atoms with Gasteiger partial charge in [0.25, 0.3) is 0 Å². The van der Waals surface area contributed by atoms with Gasteiger partial charge in [-0.05, 0) is 37.6 Å². The Labute approximate surface area is 124 Å². The maximum atomic E-state index is 11.2. The number of nitrogens with zero attached hydrogens (tertiary/aromatic N) is 1. The molecule has 0 bridgehead atoms. The average Bonchev–Trinajstić information content (AvgIpc) is 2.47. The first kappa shape index (κ1) is 15.0. The fraction of sp³-hybridized carbons (Fsp3) is 0.250. The van der Waals surface area contributed by atoms with E-state index in [-0.39, 0.29) is 5.91 Å². The smallest absolute Gasteiger partial charge is 0.237 e. The Balaban J connectivity index is 1.95. The van der Waals surface area contributed by atoms with E-state index < -0.39 is 5.54 Å². The van der Waals surface area contributed by atoms with Crippen molar-refractivity contribution in [3.63, 3.8) is 0 Å². The topological polar surface area (TPSA) is 77.2 Å². The molecule has 0 aliphatic carbocycles. The number of hydrogen-bond donors (Lipinski definition) is 2. The van der Waals surface area contributed by atoms with Crippen molar-refractivity contribution in [2.24, 2.45) is 5.73 Å². The zero-order valence-corrected chi connectivity index (χ0v) is 12.2. The maximum Gasteiger partial charge on any atom is 0.237 e. The average molecular weight is 285 g/mol. The quantitative estimate of drug-likeness (QED) is 0.853. The van der Waals surface area contributed by atoms with Crippen LogP contribution in [0.4, 0.5) is 0 Å². The number of primary amides is 1. The van der Waals surface area contributed by atoms with E-state index in [0.29, 0.717) is 18.2 Å². The molecule has 0 spiro atoms. The summed E-state index contributed by atoms with van der Waals surface area (Å²) < 4.78 is 5.61. The maximum absolute atomic E-state index is 11.2. The highest BCUT2D eigenvalue weighted by molar-refractivity contribution is 5.83. The molecule has 21 heavy (non-hydrogen) atoms. The molecule has 0 atom stereocenters. The SMILES string of the molecule is CC(C)(NCc1ccc(Oc2ccccn2)cc1)C(N)=O. The summed E-state index contributed by atoms with van der Waals surface area (Å²) in [5.41, 5.74) is 5.62. The summed E-state index contributed by atoms with van der Waals surface area (Å²) in [7, 11) is 0. The van der Waals surface area contributed by atoms with Crippen LogP contribution in [0, 0.1) is 0 Å². The lowest BCUT2D eigenvalue weighted by Crippen LogP contribution is -2.50. The van der Waals surface area contributed by atoms with Crippen molar-refractivity contribution in [2.75, 3.05) is 0 Å². The van der Waals surface area contributed by atoms with E-state index in [1.165, 1.54) is 0 Å². The van der Waals surface area contributed by atoms with Gasteiger partial charge in [0.05, 0.1) is 5.54 Å². The second kappa shape index (κ2) is 6.37. The molecule has 1 heterocycles. The third-order valence-electron chi connectivity index (χ3n) is 3.13. The summed E-state index contributed by atoms with van der Waals surface area (Å²) in [6.45, 7) is 4.07. The molecule has 3 N–H and O–H groups in total. The van der Waals surface area contributed by atoms with Gasteiger partial charge < -0.3 is 10.5 Å². The number of hydrogen-bond acceptors (Lipinski definition) is 4. The molecule has 1 aromatic heterocycles. The van der Waals surface area contributed by atoms with Gasteiger partial charge in [-0.1, -0.05) is 18.2 Å². The Kier molecular flexibility index (Phi) is 4.55. The third kappa shape index (κ3) is 4.29. The number of carbonyl (C=O) groups excluding carboxylic acids is 1. The molecule has 0 saturated carbocycles. The third-order valence-corrected chi connectivity index (χ3v) is 3.13. The highest BCUT2D eigenvalue weighted by Gasteiger charge is 2.23. The standard InChI is InChI=1S/C16H19N3O2/c1-16(2,15(17)20)19-11-12-6-8-13(9-7-12)21-14-5-3-4-10-18-14/h3-10,19H,11H2,1-2H3,(H2,17,20). The van der Waals surface area contributed by atoms with Crippen LogP contribution in [0.5, 0.6) is 11.6 Å². The number of rotatable bonds is 6. The predicted molar refractivity (Wildman–Crippen MR) is 80.9 cm³/mol. The second-order valence-electron chi connectivity index (χ2n) is 5.26. The van der Waals surface area contributed by atoms with E-state index in [1.54, 1.807) is 26.1 Å². The van der Waals surface area contributed by atoms with E-state index in [2.05, 4.69) is 10.3 Å². The minimum atomic E-state index is -0.733. The van der Waals surface area contributed by atoms with Crippen LogP contribution < -0.4 is 15.8 Å². The lowest BCUT2D eigenvalue weighted by molar-refractivity contribution is -0.123. The molecule has 1 aromatic carbocycles. The fourth-order valence-corrected chi connectivity index (χ4v) is 1.61. The number of nitrogens with one attached hydrogen (secondary N) is 1. The monoisotopic (exact) mass is 285 g/mol. The minimum absolute atomic E-state index is 0.377. The van der Waals surface area contributed by atoms with Crippen LogP contribution in [0.15, 0.2) is 48.7 Å². The van der Waals surface area contributed by atoms with E-state index in [0.717, 1.165) is 5.56 Å². The molecule has 0 aliphatic heterocycles. The van der Waals surface area contributed by atoms with Gasteiger partial charge in [-0.3, -0.25) is 10.1 Å². The first-order valence-corrected chi connectivity index (χ1v) is 6.70. The van der Waals surface area contributed by atoms with Crippen LogP contribution in [0.2, 0.25) is 0 Å². The van der Waals surface area contributed by atoms with Crippen molar-refractivity contribution in [3.05, 3.63) is 54.2 Å². The summed E-state index contributed by atoms with van der Waals surface area (Å²) in [6.07, 6.45) is 1.68. The van der Waals surface area contributed by atoms with Gasteiger partial charge in [-0.2, -0.15) is 0 Å². The zero-order valence-electron chi connectivity index (χ0n) is 12.2. The van der Waals surface area contributed by atoms with Gasteiger partial charge in [0.15, 0.2) is 0 Å². The molecule has 0 fully saturated rings. The normalized spacial score (nSPS) is 11.1. The van der Waals surface area contributed by atoms with Crippen molar-refractivity contribution >= 4 is 5.91 Å². The molecule has 2 rings (SSSR count). The molecule has 0 aliphatic rings. The summed E-state index contributed by atoms with van der Waals surface area (Å²) in [4.78, 5) is 15.3. The van der Waals surface area contributed by atoms with Crippen molar-refractivity contribution in [3.8, 4) is 11.6 Å². The number of nitrogens with two attached hydrogens (primary N) is 1. The van der Waals surface area contributed by atoms with Crippen molar-refractivity contribution in [1.29, 1.82) is 0 Å². The molecule has 1 amide bonds. The molecule has 110 valence electrons. The molecule has 0 saturated heterocycles. The van der Waals surface area contributed by atoms with Crippen LogP contribution in [0.25, 0.3) is 0 Å². The molecule has 5 heteroatoms. The summed E-state index contributed by atoms with van der Waals surface area (Å²) in [5.74, 6) is 0.891. The predicted octanol–water partition coefficient (Wildman–Crippen LogP) is 2.23. The molecule has 5 nitrogen and oxygen atoms in total. The lowest BCUT2D eigenvalue weighted by atomic mass is 10.0. The van der Waals surface area contributed by atoms with E-state index >= 15 is 0 Å². The van der Waals surface area contributed by atoms with Gasteiger partial charge in [0.1, 0.15) is 5.75 Å². The van der Waals surface area contributed by atoms with E-state index in [9.17, 15) is 4.79 Å².